The predicted octanol–water partition coefficient (Wildman–Crippen LogP) is 3.39. The zero-order valence-corrected chi connectivity index (χ0v) is 18.6. The van der Waals surface area contributed by atoms with Gasteiger partial charge >= 0.3 is 6.18 Å². The number of nitrogens with zero attached hydrogens (tertiary/aromatic N) is 2. The van der Waals surface area contributed by atoms with E-state index in [9.17, 15) is 23.1 Å². The summed E-state index contributed by atoms with van der Waals surface area (Å²) in [5.74, 6) is -1.17. The van der Waals surface area contributed by atoms with Gasteiger partial charge in [0.15, 0.2) is 0 Å². The van der Waals surface area contributed by atoms with Crippen LogP contribution in [0.1, 0.15) is 22.3 Å². The fourth-order valence-corrected chi connectivity index (χ4v) is 4.01. The number of nitrogens with two attached hydrogens (primary N) is 1. The highest BCUT2D eigenvalue weighted by atomic mass is 19.4. The van der Waals surface area contributed by atoms with Crippen LogP contribution in [0.15, 0.2) is 54.7 Å². The molecular weight excluding hydrogens is 461 g/mol. The van der Waals surface area contributed by atoms with Crippen molar-refractivity contribution in [2.24, 2.45) is 11.7 Å². The standard InChI is InChI=1S/C24H25F3N6O2/c25-24(26,27)18-12-31-23(30-11-14-9-10-29-13-20(14)34)33-22(18)32-19-8-4-3-6-16(19)15-5-1-2-7-17(15)21(28)35/h1-8,12,14,20,29,34H,9-11,13H2,(H2,28,35)(H2,30,31,32,33)/t14-,20-/m0/s1. The number of aliphatic hydroxyl groups excluding tert-OH is 1. The number of rotatable bonds is 7. The summed E-state index contributed by atoms with van der Waals surface area (Å²) in [5.41, 5.74) is 5.97. The molecule has 1 saturated heterocycles. The molecular formula is C24H25F3N6O2. The fraction of sp³-hybridized carbons (Fsp3) is 0.292. The van der Waals surface area contributed by atoms with Crippen LogP contribution < -0.4 is 21.7 Å². The largest absolute Gasteiger partial charge is 0.421 e. The van der Waals surface area contributed by atoms with Gasteiger partial charge in [0.1, 0.15) is 11.4 Å². The minimum Gasteiger partial charge on any atom is -0.391 e. The first-order valence-corrected chi connectivity index (χ1v) is 11.1. The predicted molar refractivity (Wildman–Crippen MR) is 126 cm³/mol. The molecule has 3 aromatic rings. The van der Waals surface area contributed by atoms with Crippen LogP contribution in [-0.4, -0.2) is 46.7 Å². The minimum absolute atomic E-state index is 0.00116. The van der Waals surface area contributed by atoms with E-state index in [0.29, 0.717) is 36.3 Å². The van der Waals surface area contributed by atoms with Gasteiger partial charge in [-0.15, -0.1) is 0 Å². The number of halogens is 3. The van der Waals surface area contributed by atoms with E-state index in [4.69, 9.17) is 5.73 Å². The van der Waals surface area contributed by atoms with Crippen LogP contribution >= 0.6 is 0 Å². The number of anilines is 3. The number of nitrogens with one attached hydrogen (secondary N) is 3. The SMILES string of the molecule is NC(=O)c1ccccc1-c1ccccc1Nc1nc(NC[C@@H]2CCNC[C@@H]2O)ncc1C(F)(F)F. The van der Waals surface area contributed by atoms with Gasteiger partial charge in [-0.1, -0.05) is 36.4 Å². The summed E-state index contributed by atoms with van der Waals surface area (Å²) in [6.07, 6.45) is -3.84. The van der Waals surface area contributed by atoms with Crippen molar-refractivity contribution in [1.82, 2.24) is 15.3 Å². The Bertz CT molecular complexity index is 1200. The number of β-amino-alcohol motifs (C(OH)–C–C–N with tert-alkyl or cyclic N) is 1. The lowest BCUT2D eigenvalue weighted by Crippen LogP contribution is -2.43. The van der Waals surface area contributed by atoms with Gasteiger partial charge in [0.25, 0.3) is 0 Å². The summed E-state index contributed by atoms with van der Waals surface area (Å²) in [4.78, 5) is 19.9. The highest BCUT2D eigenvalue weighted by Crippen LogP contribution is 2.38. The van der Waals surface area contributed by atoms with Crippen molar-refractivity contribution in [2.45, 2.75) is 18.7 Å². The molecule has 0 spiro atoms. The number of primary amides is 1. The first-order valence-electron chi connectivity index (χ1n) is 11.1. The molecule has 1 fully saturated rings. The van der Waals surface area contributed by atoms with Crippen molar-refractivity contribution in [2.75, 3.05) is 30.3 Å². The topological polar surface area (TPSA) is 125 Å². The van der Waals surface area contributed by atoms with Crippen LogP contribution in [-0.2, 0) is 6.18 Å². The van der Waals surface area contributed by atoms with Crippen molar-refractivity contribution in [1.29, 1.82) is 0 Å². The maximum absolute atomic E-state index is 13.8. The average molecular weight is 486 g/mol. The molecule has 0 aliphatic carbocycles. The Morgan fingerprint density at radius 2 is 1.86 bits per heavy atom. The Morgan fingerprint density at radius 3 is 2.57 bits per heavy atom. The first-order chi connectivity index (χ1) is 16.7. The zero-order valence-electron chi connectivity index (χ0n) is 18.6. The number of piperidine rings is 1. The Labute approximate surface area is 199 Å². The fourth-order valence-electron chi connectivity index (χ4n) is 4.01. The molecule has 184 valence electrons. The summed E-state index contributed by atoms with van der Waals surface area (Å²) < 4.78 is 41.3. The van der Waals surface area contributed by atoms with Gasteiger partial charge in [0.2, 0.25) is 11.9 Å². The molecule has 1 aliphatic rings. The van der Waals surface area contributed by atoms with Crippen molar-refractivity contribution in [3.05, 3.63) is 65.9 Å². The molecule has 0 radical (unpaired) electrons. The second-order valence-corrected chi connectivity index (χ2v) is 8.24. The summed E-state index contributed by atoms with van der Waals surface area (Å²) in [5, 5.41) is 18.9. The Morgan fingerprint density at radius 1 is 1.14 bits per heavy atom. The van der Waals surface area contributed by atoms with E-state index in [2.05, 4.69) is 25.9 Å². The van der Waals surface area contributed by atoms with E-state index >= 15 is 0 Å². The number of aliphatic hydroxyl groups is 1. The van der Waals surface area contributed by atoms with E-state index in [-0.39, 0.29) is 17.4 Å². The van der Waals surface area contributed by atoms with Crippen molar-refractivity contribution < 1.29 is 23.1 Å². The van der Waals surface area contributed by atoms with Crippen molar-refractivity contribution in [3.63, 3.8) is 0 Å². The molecule has 2 aromatic carbocycles. The molecule has 4 rings (SSSR count). The van der Waals surface area contributed by atoms with Gasteiger partial charge in [-0.25, -0.2) is 4.98 Å². The Hall–Kier alpha value is -3.70. The van der Waals surface area contributed by atoms with E-state index in [1.807, 2.05) is 0 Å². The third kappa shape index (κ3) is 5.69. The molecule has 1 amide bonds. The summed E-state index contributed by atoms with van der Waals surface area (Å²) in [6, 6.07) is 13.2. The summed E-state index contributed by atoms with van der Waals surface area (Å²) in [7, 11) is 0. The average Bonchev–Trinajstić information content (AvgIpc) is 2.83. The van der Waals surface area contributed by atoms with Crippen LogP contribution in [0, 0.1) is 5.92 Å². The van der Waals surface area contributed by atoms with Gasteiger partial charge in [0, 0.05) is 42.0 Å². The number of amides is 1. The van der Waals surface area contributed by atoms with E-state index in [1.54, 1.807) is 48.5 Å². The number of carbonyl (C=O) groups excluding carboxylic acids is 1. The third-order valence-corrected chi connectivity index (χ3v) is 5.87. The molecule has 0 bridgehead atoms. The van der Waals surface area contributed by atoms with Gasteiger partial charge in [-0.05, 0) is 30.7 Å². The van der Waals surface area contributed by atoms with Crippen LogP contribution in [0.5, 0.6) is 0 Å². The minimum atomic E-state index is -4.70. The van der Waals surface area contributed by atoms with E-state index in [0.717, 1.165) is 12.7 Å². The lowest BCUT2D eigenvalue weighted by atomic mass is 9.95. The summed E-state index contributed by atoms with van der Waals surface area (Å²) in [6.45, 7) is 1.51. The zero-order chi connectivity index (χ0) is 25.0. The third-order valence-electron chi connectivity index (χ3n) is 5.87. The number of carbonyl (C=O) groups is 1. The quantitative estimate of drug-likeness (QED) is 0.347. The molecule has 2 atom stereocenters. The first kappa shape index (κ1) is 24.4. The Balaban J connectivity index is 1.67. The second-order valence-electron chi connectivity index (χ2n) is 8.24. The second kappa shape index (κ2) is 10.3. The molecule has 0 unspecified atom stereocenters. The van der Waals surface area contributed by atoms with Gasteiger partial charge < -0.3 is 26.8 Å². The molecule has 8 nitrogen and oxygen atoms in total. The maximum atomic E-state index is 13.8. The van der Waals surface area contributed by atoms with E-state index in [1.165, 1.54) is 0 Å². The normalized spacial score (nSPS) is 18.2. The van der Waals surface area contributed by atoms with Crippen molar-refractivity contribution in [3.8, 4) is 11.1 Å². The number of hydrogen-bond donors (Lipinski definition) is 5. The molecule has 1 aromatic heterocycles. The molecule has 35 heavy (non-hydrogen) atoms. The smallest absolute Gasteiger partial charge is 0.391 e. The Kier molecular flexibility index (Phi) is 7.17. The summed E-state index contributed by atoms with van der Waals surface area (Å²) >= 11 is 0. The van der Waals surface area contributed by atoms with Crippen LogP contribution in [0.4, 0.5) is 30.6 Å². The van der Waals surface area contributed by atoms with E-state index < -0.39 is 29.6 Å². The van der Waals surface area contributed by atoms with Crippen molar-refractivity contribution >= 4 is 23.4 Å². The number of aromatic nitrogens is 2. The van der Waals surface area contributed by atoms with Gasteiger partial charge in [-0.3, -0.25) is 4.79 Å². The van der Waals surface area contributed by atoms with Gasteiger partial charge in [-0.2, -0.15) is 18.2 Å². The number of benzene rings is 2. The molecule has 11 heteroatoms. The van der Waals surface area contributed by atoms with Crippen LogP contribution in [0.25, 0.3) is 11.1 Å². The molecule has 6 N–H and O–H groups in total. The molecule has 2 heterocycles. The molecule has 1 aliphatic heterocycles. The highest BCUT2D eigenvalue weighted by molar-refractivity contribution is 6.01. The lowest BCUT2D eigenvalue weighted by molar-refractivity contribution is -0.137. The highest BCUT2D eigenvalue weighted by Gasteiger charge is 2.35. The maximum Gasteiger partial charge on any atom is 0.421 e. The monoisotopic (exact) mass is 486 g/mol. The number of hydrogen-bond acceptors (Lipinski definition) is 7. The number of para-hydroxylation sites is 1. The lowest BCUT2D eigenvalue weighted by Gasteiger charge is -2.28. The van der Waals surface area contributed by atoms with Crippen LogP contribution in [0.2, 0.25) is 0 Å². The number of alkyl halides is 3. The van der Waals surface area contributed by atoms with Crippen LogP contribution in [0.3, 0.4) is 0 Å². The van der Waals surface area contributed by atoms with Gasteiger partial charge in [0.05, 0.1) is 6.10 Å². The molecule has 0 saturated carbocycles.